The molecule has 0 fully saturated rings. The Labute approximate surface area is 82.6 Å². The number of terminal acetylenes is 1. The Hall–Kier alpha value is -0.690. The van der Waals surface area contributed by atoms with Crippen LogP contribution in [0.4, 0.5) is 13.2 Å². The van der Waals surface area contributed by atoms with Crippen LogP contribution in [-0.4, -0.2) is 19.4 Å². The molecule has 0 aromatic carbocycles. The second kappa shape index (κ2) is 7.69. The van der Waals surface area contributed by atoms with Gasteiger partial charge in [-0.2, -0.15) is 13.2 Å². The van der Waals surface area contributed by atoms with Crippen LogP contribution in [0, 0.1) is 12.3 Å². The second-order valence-electron chi connectivity index (χ2n) is 3.04. The molecular weight excluding hydrogens is 193 g/mol. The van der Waals surface area contributed by atoms with E-state index in [1.165, 1.54) is 0 Å². The van der Waals surface area contributed by atoms with Gasteiger partial charge in [-0.3, -0.25) is 0 Å². The Morgan fingerprint density at radius 2 is 1.71 bits per heavy atom. The van der Waals surface area contributed by atoms with Crippen LogP contribution < -0.4 is 0 Å². The van der Waals surface area contributed by atoms with Crippen molar-refractivity contribution in [1.29, 1.82) is 0 Å². The first-order chi connectivity index (χ1) is 6.56. The maximum Gasteiger partial charge on any atom is 0.389 e. The molecule has 0 aromatic heterocycles. The van der Waals surface area contributed by atoms with Crippen LogP contribution in [0.25, 0.3) is 0 Å². The molecule has 0 atom stereocenters. The van der Waals surface area contributed by atoms with E-state index in [9.17, 15) is 13.2 Å². The van der Waals surface area contributed by atoms with Crippen LogP contribution in [0.15, 0.2) is 0 Å². The van der Waals surface area contributed by atoms with Gasteiger partial charge in [0.2, 0.25) is 0 Å². The zero-order valence-corrected chi connectivity index (χ0v) is 8.07. The van der Waals surface area contributed by atoms with E-state index >= 15 is 0 Å². The van der Waals surface area contributed by atoms with Crippen LogP contribution in [0.1, 0.15) is 32.1 Å². The lowest BCUT2D eigenvalue weighted by atomic mass is 10.1. The molecule has 0 aromatic rings. The molecule has 4 heteroatoms. The first-order valence-corrected chi connectivity index (χ1v) is 4.64. The van der Waals surface area contributed by atoms with E-state index in [-0.39, 0.29) is 13.0 Å². The summed E-state index contributed by atoms with van der Waals surface area (Å²) in [4.78, 5) is 0. The van der Waals surface area contributed by atoms with Gasteiger partial charge in [-0.05, 0) is 12.8 Å². The van der Waals surface area contributed by atoms with Crippen LogP contribution in [0.3, 0.4) is 0 Å². The van der Waals surface area contributed by atoms with Gasteiger partial charge in [-0.25, -0.2) is 0 Å². The van der Waals surface area contributed by atoms with Crippen LogP contribution in [0.2, 0.25) is 0 Å². The number of alkyl halides is 3. The van der Waals surface area contributed by atoms with Crippen LogP contribution in [0.5, 0.6) is 0 Å². The topological polar surface area (TPSA) is 9.23 Å². The number of hydrogen-bond donors (Lipinski definition) is 0. The van der Waals surface area contributed by atoms with Gasteiger partial charge in [0, 0.05) is 13.0 Å². The van der Waals surface area contributed by atoms with E-state index in [1.54, 1.807) is 0 Å². The Bertz CT molecular complexity index is 169. The average Bonchev–Trinajstić information content (AvgIpc) is 2.08. The predicted molar refractivity (Wildman–Crippen MR) is 48.8 cm³/mol. The third-order valence-electron chi connectivity index (χ3n) is 1.68. The van der Waals surface area contributed by atoms with E-state index in [0.29, 0.717) is 13.0 Å². The Morgan fingerprint density at radius 3 is 2.29 bits per heavy atom. The molecule has 0 heterocycles. The van der Waals surface area contributed by atoms with Gasteiger partial charge < -0.3 is 4.74 Å². The lowest BCUT2D eigenvalue weighted by molar-refractivity contribution is -0.135. The quantitative estimate of drug-likeness (QED) is 0.461. The van der Waals surface area contributed by atoms with Crippen molar-refractivity contribution in [3.63, 3.8) is 0 Å². The molecule has 0 bridgehead atoms. The molecule has 0 aliphatic rings. The van der Waals surface area contributed by atoms with Gasteiger partial charge in [0.25, 0.3) is 0 Å². The van der Waals surface area contributed by atoms with Gasteiger partial charge in [0.1, 0.15) is 6.61 Å². The third-order valence-corrected chi connectivity index (χ3v) is 1.68. The highest BCUT2D eigenvalue weighted by Crippen LogP contribution is 2.22. The van der Waals surface area contributed by atoms with E-state index in [1.807, 2.05) is 0 Å². The number of rotatable bonds is 7. The van der Waals surface area contributed by atoms with Crippen LogP contribution in [-0.2, 0) is 4.74 Å². The minimum absolute atomic E-state index is 0.207. The normalized spacial score (nSPS) is 11.3. The highest BCUT2D eigenvalue weighted by atomic mass is 19.4. The minimum Gasteiger partial charge on any atom is -0.369 e. The summed E-state index contributed by atoms with van der Waals surface area (Å²) in [7, 11) is 0. The summed E-state index contributed by atoms with van der Waals surface area (Å²) in [6.07, 6.45) is 2.59. The van der Waals surface area contributed by atoms with E-state index in [0.717, 1.165) is 12.8 Å². The SMILES string of the molecule is C#CCOCCCCCCC(F)(F)F. The molecule has 0 N–H and O–H groups in total. The fraction of sp³-hybridized carbons (Fsp3) is 0.800. The van der Waals surface area contributed by atoms with E-state index in [4.69, 9.17) is 11.2 Å². The molecule has 1 nitrogen and oxygen atoms in total. The number of unbranched alkanes of at least 4 members (excludes halogenated alkanes) is 3. The van der Waals surface area contributed by atoms with Gasteiger partial charge in [-0.1, -0.05) is 18.8 Å². The monoisotopic (exact) mass is 208 g/mol. The van der Waals surface area contributed by atoms with Crippen molar-refractivity contribution >= 4 is 0 Å². The molecule has 0 amide bonds. The Kier molecular flexibility index (Phi) is 7.31. The molecule has 0 radical (unpaired) electrons. The van der Waals surface area contributed by atoms with E-state index in [2.05, 4.69) is 5.92 Å². The first kappa shape index (κ1) is 13.3. The van der Waals surface area contributed by atoms with Gasteiger partial charge in [0.05, 0.1) is 0 Å². The summed E-state index contributed by atoms with van der Waals surface area (Å²) in [5.74, 6) is 2.32. The van der Waals surface area contributed by atoms with Crippen molar-refractivity contribution in [1.82, 2.24) is 0 Å². The maximum atomic E-state index is 11.7. The van der Waals surface area contributed by atoms with Gasteiger partial charge >= 0.3 is 6.18 Å². The lowest BCUT2D eigenvalue weighted by Gasteiger charge is -2.05. The van der Waals surface area contributed by atoms with Gasteiger partial charge in [-0.15, -0.1) is 6.42 Å². The van der Waals surface area contributed by atoms with Crippen molar-refractivity contribution in [2.75, 3.05) is 13.2 Å². The van der Waals surface area contributed by atoms with E-state index < -0.39 is 12.6 Å². The fourth-order valence-corrected chi connectivity index (χ4v) is 1.01. The summed E-state index contributed by atoms with van der Waals surface area (Å²) >= 11 is 0. The molecular formula is C10H15F3O. The number of hydrogen-bond acceptors (Lipinski definition) is 1. The molecule has 0 aliphatic carbocycles. The molecule has 0 unspecified atom stereocenters. The zero-order valence-electron chi connectivity index (χ0n) is 8.07. The molecule has 82 valence electrons. The lowest BCUT2D eigenvalue weighted by Crippen LogP contribution is -2.06. The fourth-order valence-electron chi connectivity index (χ4n) is 1.01. The molecule has 14 heavy (non-hydrogen) atoms. The van der Waals surface area contributed by atoms with Crippen LogP contribution >= 0.6 is 0 Å². The van der Waals surface area contributed by atoms with Crippen molar-refractivity contribution in [2.45, 2.75) is 38.3 Å². The molecule has 0 saturated heterocycles. The number of ether oxygens (including phenoxy) is 1. The van der Waals surface area contributed by atoms with Crippen molar-refractivity contribution in [3.05, 3.63) is 0 Å². The minimum atomic E-state index is -4.01. The molecule has 0 spiro atoms. The highest BCUT2D eigenvalue weighted by molar-refractivity contribution is 4.82. The number of halogens is 3. The Balaban J connectivity index is 3.04. The molecule has 0 saturated carbocycles. The largest absolute Gasteiger partial charge is 0.389 e. The van der Waals surface area contributed by atoms with Crippen molar-refractivity contribution < 1.29 is 17.9 Å². The summed E-state index contributed by atoms with van der Waals surface area (Å²) in [5, 5.41) is 0. The molecule has 0 aliphatic heterocycles. The Morgan fingerprint density at radius 1 is 1.07 bits per heavy atom. The third kappa shape index (κ3) is 11.3. The molecule has 0 rings (SSSR count). The van der Waals surface area contributed by atoms with Crippen molar-refractivity contribution in [3.8, 4) is 12.3 Å². The second-order valence-corrected chi connectivity index (χ2v) is 3.04. The maximum absolute atomic E-state index is 11.7. The summed E-state index contributed by atoms with van der Waals surface area (Å²) in [5.41, 5.74) is 0. The van der Waals surface area contributed by atoms with Crippen molar-refractivity contribution in [2.24, 2.45) is 0 Å². The predicted octanol–water partition coefficient (Wildman–Crippen LogP) is 3.15. The summed E-state index contributed by atoms with van der Waals surface area (Å²) in [6.45, 7) is 0.818. The standard InChI is InChI=1S/C10H15F3O/c1-2-8-14-9-6-4-3-5-7-10(11,12)13/h1H,3-9H2. The summed E-state index contributed by atoms with van der Waals surface area (Å²) < 4.78 is 40.0. The smallest absolute Gasteiger partial charge is 0.369 e. The van der Waals surface area contributed by atoms with Gasteiger partial charge in [0.15, 0.2) is 0 Å². The highest BCUT2D eigenvalue weighted by Gasteiger charge is 2.25. The average molecular weight is 208 g/mol. The zero-order chi connectivity index (χ0) is 10.9. The summed E-state index contributed by atoms with van der Waals surface area (Å²) in [6, 6.07) is 0. The first-order valence-electron chi connectivity index (χ1n) is 4.64.